The predicted molar refractivity (Wildman–Crippen MR) is 116 cm³/mol. The Balaban J connectivity index is 1.14. The maximum absolute atomic E-state index is 13.0. The van der Waals surface area contributed by atoms with Crippen molar-refractivity contribution in [3.05, 3.63) is 52.8 Å². The third-order valence-electron chi connectivity index (χ3n) is 6.51. The van der Waals surface area contributed by atoms with Crippen molar-refractivity contribution < 1.29 is 9.13 Å². The monoisotopic (exact) mass is 415 g/mol. The maximum Gasteiger partial charge on any atom is 0.146 e. The summed E-state index contributed by atoms with van der Waals surface area (Å²) in [7, 11) is 0. The number of hydrogen-bond donors (Lipinski definition) is 1. The molecule has 0 bridgehead atoms. The molecule has 0 aromatic heterocycles. The number of anilines is 2. The average molecular weight is 416 g/mol. The van der Waals surface area contributed by atoms with E-state index in [4.69, 9.17) is 16.3 Å². The Labute approximate surface area is 176 Å². The topological polar surface area (TPSA) is 27.7 Å². The van der Waals surface area contributed by atoms with Crippen LogP contribution < -0.4 is 15.0 Å². The third-order valence-corrected chi connectivity index (χ3v) is 6.73. The third kappa shape index (κ3) is 4.03. The van der Waals surface area contributed by atoms with Crippen molar-refractivity contribution in [1.82, 2.24) is 4.90 Å². The molecule has 6 heteroatoms. The van der Waals surface area contributed by atoms with Gasteiger partial charge < -0.3 is 15.0 Å². The van der Waals surface area contributed by atoms with Gasteiger partial charge in [0, 0.05) is 17.6 Å². The smallest absolute Gasteiger partial charge is 0.146 e. The molecule has 2 aromatic carbocycles. The van der Waals surface area contributed by atoms with Crippen molar-refractivity contribution in [1.29, 1.82) is 0 Å². The Hall–Kier alpha value is -1.98. The molecule has 5 rings (SSSR count). The quantitative estimate of drug-likeness (QED) is 0.760. The first-order chi connectivity index (χ1) is 14.2. The number of rotatable bonds is 5. The molecule has 1 saturated heterocycles. The minimum absolute atomic E-state index is 0.153. The van der Waals surface area contributed by atoms with Crippen molar-refractivity contribution in [2.24, 2.45) is 5.92 Å². The minimum Gasteiger partial charge on any atom is -0.489 e. The van der Waals surface area contributed by atoms with Gasteiger partial charge in [0.2, 0.25) is 0 Å². The first-order valence-electron chi connectivity index (χ1n) is 10.6. The van der Waals surface area contributed by atoms with Crippen LogP contribution in [0, 0.1) is 11.7 Å². The molecule has 0 spiro atoms. The molecule has 3 heterocycles. The highest BCUT2D eigenvalue weighted by Gasteiger charge is 2.36. The normalized spacial score (nSPS) is 21.6. The van der Waals surface area contributed by atoms with Crippen molar-refractivity contribution in [2.75, 3.05) is 43.0 Å². The molecule has 1 N–H and O–H groups in total. The largest absolute Gasteiger partial charge is 0.489 e. The van der Waals surface area contributed by atoms with Gasteiger partial charge in [-0.1, -0.05) is 23.7 Å². The number of hydrogen-bond acceptors (Lipinski definition) is 4. The second-order valence-corrected chi connectivity index (χ2v) is 8.85. The van der Waals surface area contributed by atoms with Crippen molar-refractivity contribution >= 4 is 23.0 Å². The molecule has 1 fully saturated rings. The zero-order chi connectivity index (χ0) is 19.8. The predicted octanol–water partition coefficient (Wildman–Crippen LogP) is 4.77. The number of aryl methyl sites for hydroxylation is 1. The summed E-state index contributed by atoms with van der Waals surface area (Å²) in [5, 5.41) is 4.37. The standard InChI is InChI=1S/C23H27ClFN3O/c24-18-13-20-23-21(14-18)29-12-11-28(23)22(26-20)15-27-9-7-17(8-10-27)2-1-16-3-5-19(25)6-4-16/h3-6,13-14,17,22,26H,1-2,7-12,15H2. The molecule has 29 heavy (non-hydrogen) atoms. The molecule has 0 radical (unpaired) electrons. The molecule has 4 nitrogen and oxygen atoms in total. The van der Waals surface area contributed by atoms with Gasteiger partial charge in [0.05, 0.1) is 12.2 Å². The molecule has 2 aromatic rings. The fraction of sp³-hybridized carbons (Fsp3) is 0.478. The fourth-order valence-corrected chi connectivity index (χ4v) is 5.10. The Morgan fingerprint density at radius 2 is 1.90 bits per heavy atom. The van der Waals surface area contributed by atoms with Crippen LogP contribution in [0.3, 0.4) is 0 Å². The van der Waals surface area contributed by atoms with Gasteiger partial charge in [-0.05, 0) is 68.5 Å². The SMILES string of the molecule is Fc1ccc(CCC2CCN(CC3Nc4cc(Cl)cc5c4N3CCO5)CC2)cc1. The number of halogens is 2. The van der Waals surface area contributed by atoms with Crippen LogP contribution in [0.1, 0.15) is 24.8 Å². The molecule has 154 valence electrons. The number of benzene rings is 2. The number of nitrogens with one attached hydrogen (secondary N) is 1. The van der Waals surface area contributed by atoms with Gasteiger partial charge in [-0.2, -0.15) is 0 Å². The van der Waals surface area contributed by atoms with Crippen molar-refractivity contribution in [2.45, 2.75) is 31.8 Å². The summed E-state index contributed by atoms with van der Waals surface area (Å²) in [6.07, 6.45) is 4.99. The van der Waals surface area contributed by atoms with E-state index in [1.54, 1.807) is 12.1 Å². The van der Waals surface area contributed by atoms with Gasteiger partial charge in [0.15, 0.2) is 0 Å². The summed E-state index contributed by atoms with van der Waals surface area (Å²) < 4.78 is 18.9. The molecule has 1 unspecified atom stereocenters. The summed E-state index contributed by atoms with van der Waals surface area (Å²) in [4.78, 5) is 5.01. The Kier molecular flexibility index (Phi) is 5.27. The first-order valence-corrected chi connectivity index (χ1v) is 11.0. The average Bonchev–Trinajstić information content (AvgIpc) is 3.07. The van der Waals surface area contributed by atoms with Gasteiger partial charge >= 0.3 is 0 Å². The molecule has 0 aliphatic carbocycles. The highest BCUT2D eigenvalue weighted by atomic mass is 35.5. The van der Waals surface area contributed by atoms with Crippen LogP contribution in [0.5, 0.6) is 5.75 Å². The Bertz CT molecular complexity index is 867. The first kappa shape index (κ1) is 19.0. The van der Waals surface area contributed by atoms with E-state index in [-0.39, 0.29) is 12.0 Å². The lowest BCUT2D eigenvalue weighted by atomic mass is 9.90. The lowest BCUT2D eigenvalue weighted by molar-refractivity contribution is 0.171. The van der Waals surface area contributed by atoms with Crippen LogP contribution in [0.2, 0.25) is 5.02 Å². The van der Waals surface area contributed by atoms with E-state index in [9.17, 15) is 4.39 Å². The number of likely N-dealkylation sites (tertiary alicyclic amines) is 1. The van der Waals surface area contributed by atoms with Crippen molar-refractivity contribution in [3.8, 4) is 5.75 Å². The summed E-state index contributed by atoms with van der Waals surface area (Å²) in [6.45, 7) is 4.90. The van der Waals surface area contributed by atoms with E-state index in [1.165, 1.54) is 30.5 Å². The summed E-state index contributed by atoms with van der Waals surface area (Å²) in [5.74, 6) is 1.51. The molecule has 1 atom stereocenters. The van der Waals surface area contributed by atoms with Crippen LogP contribution in [-0.2, 0) is 6.42 Å². The summed E-state index contributed by atoms with van der Waals surface area (Å²) in [6, 6.07) is 10.9. The van der Waals surface area contributed by atoms with Gasteiger partial charge in [-0.25, -0.2) is 4.39 Å². The van der Waals surface area contributed by atoms with E-state index in [1.807, 2.05) is 24.3 Å². The number of piperidine rings is 1. The zero-order valence-electron chi connectivity index (χ0n) is 16.5. The molecule has 3 aliphatic rings. The second kappa shape index (κ2) is 8.04. The van der Waals surface area contributed by atoms with Crippen LogP contribution in [0.15, 0.2) is 36.4 Å². The highest BCUT2D eigenvalue weighted by molar-refractivity contribution is 6.31. The molecule has 3 aliphatic heterocycles. The lowest BCUT2D eigenvalue weighted by Gasteiger charge is -2.37. The second-order valence-electron chi connectivity index (χ2n) is 8.41. The van der Waals surface area contributed by atoms with Crippen LogP contribution in [0.25, 0.3) is 0 Å². The van der Waals surface area contributed by atoms with Crippen LogP contribution in [-0.4, -0.2) is 43.9 Å². The van der Waals surface area contributed by atoms with Gasteiger partial charge in [0.1, 0.15) is 30.0 Å². The molecule has 0 amide bonds. The maximum atomic E-state index is 13.0. The van der Waals surface area contributed by atoms with Gasteiger partial charge in [-0.3, -0.25) is 4.90 Å². The van der Waals surface area contributed by atoms with Gasteiger partial charge in [0.25, 0.3) is 0 Å². The molecular formula is C23H27ClFN3O. The van der Waals surface area contributed by atoms with Crippen LogP contribution in [0.4, 0.5) is 15.8 Å². The zero-order valence-corrected chi connectivity index (χ0v) is 17.3. The minimum atomic E-state index is -0.153. The summed E-state index contributed by atoms with van der Waals surface area (Å²) >= 11 is 6.25. The lowest BCUT2D eigenvalue weighted by Crippen LogP contribution is -2.49. The van der Waals surface area contributed by atoms with Crippen molar-refractivity contribution in [3.63, 3.8) is 0 Å². The number of ether oxygens (including phenoxy) is 1. The fourth-order valence-electron chi connectivity index (χ4n) is 4.89. The highest BCUT2D eigenvalue weighted by Crippen LogP contribution is 2.46. The molecular weight excluding hydrogens is 389 g/mol. The Morgan fingerprint density at radius 3 is 2.69 bits per heavy atom. The summed E-state index contributed by atoms with van der Waals surface area (Å²) in [5.41, 5.74) is 3.50. The van der Waals surface area contributed by atoms with Crippen LogP contribution >= 0.6 is 11.6 Å². The number of nitrogens with zero attached hydrogens (tertiary/aromatic N) is 2. The van der Waals surface area contributed by atoms with E-state index >= 15 is 0 Å². The van der Waals surface area contributed by atoms with E-state index in [0.717, 1.165) is 55.0 Å². The Morgan fingerprint density at radius 1 is 1.10 bits per heavy atom. The van der Waals surface area contributed by atoms with Gasteiger partial charge in [-0.15, -0.1) is 0 Å². The molecule has 0 saturated carbocycles. The van der Waals surface area contributed by atoms with E-state index in [0.29, 0.717) is 6.61 Å². The van der Waals surface area contributed by atoms with E-state index in [2.05, 4.69) is 15.1 Å². The van der Waals surface area contributed by atoms with E-state index < -0.39 is 0 Å².